The van der Waals surface area contributed by atoms with Crippen molar-refractivity contribution in [1.29, 1.82) is 0 Å². The van der Waals surface area contributed by atoms with Crippen LogP contribution >= 0.6 is 0 Å². The minimum Gasteiger partial charge on any atom is -0.497 e. The Balaban J connectivity index is 1.66. The normalized spacial score (nSPS) is 14.7. The molecule has 0 bridgehead atoms. The summed E-state index contributed by atoms with van der Waals surface area (Å²) in [6, 6.07) is 14.0. The van der Waals surface area contributed by atoms with E-state index in [9.17, 15) is 9.18 Å². The molecule has 0 N–H and O–H groups in total. The van der Waals surface area contributed by atoms with E-state index >= 15 is 0 Å². The van der Waals surface area contributed by atoms with Crippen LogP contribution in [0.3, 0.4) is 0 Å². The van der Waals surface area contributed by atoms with Crippen LogP contribution in [-0.2, 0) is 0 Å². The highest BCUT2D eigenvalue weighted by molar-refractivity contribution is 5.94. The monoisotopic (exact) mass is 314 g/mol. The number of carbonyl (C=O) groups is 1. The van der Waals surface area contributed by atoms with E-state index in [0.717, 1.165) is 11.4 Å². The number of halogens is 1. The van der Waals surface area contributed by atoms with Crippen molar-refractivity contribution in [3.05, 3.63) is 59.9 Å². The summed E-state index contributed by atoms with van der Waals surface area (Å²) in [4.78, 5) is 16.3. The number of hydrogen-bond acceptors (Lipinski definition) is 3. The maximum absolute atomic E-state index is 13.7. The summed E-state index contributed by atoms with van der Waals surface area (Å²) < 4.78 is 19.0. The maximum atomic E-state index is 13.7. The van der Waals surface area contributed by atoms with Gasteiger partial charge >= 0.3 is 0 Å². The van der Waals surface area contributed by atoms with E-state index in [1.54, 1.807) is 24.1 Å². The molecule has 0 saturated carbocycles. The Morgan fingerprint density at radius 1 is 1.04 bits per heavy atom. The minimum atomic E-state index is -0.465. The number of benzene rings is 2. The van der Waals surface area contributed by atoms with E-state index in [2.05, 4.69) is 4.90 Å². The van der Waals surface area contributed by atoms with Crippen molar-refractivity contribution in [2.75, 3.05) is 38.2 Å². The van der Waals surface area contributed by atoms with Gasteiger partial charge in [0.1, 0.15) is 11.6 Å². The molecule has 1 amide bonds. The van der Waals surface area contributed by atoms with E-state index in [1.807, 2.05) is 24.3 Å². The van der Waals surface area contributed by atoms with Gasteiger partial charge in [-0.05, 0) is 24.3 Å². The Hall–Kier alpha value is -2.56. The molecular weight excluding hydrogens is 295 g/mol. The Morgan fingerprint density at radius 2 is 1.78 bits per heavy atom. The molecule has 1 fully saturated rings. The number of piperazine rings is 1. The van der Waals surface area contributed by atoms with E-state index < -0.39 is 5.82 Å². The molecule has 3 rings (SSSR count). The van der Waals surface area contributed by atoms with Gasteiger partial charge in [0.15, 0.2) is 0 Å². The fraction of sp³-hybridized carbons (Fsp3) is 0.278. The third-order valence-electron chi connectivity index (χ3n) is 4.09. The summed E-state index contributed by atoms with van der Waals surface area (Å²) in [5.74, 6) is 0.105. The van der Waals surface area contributed by atoms with E-state index in [0.29, 0.717) is 26.2 Å². The standard InChI is InChI=1S/C18H19FN2O2/c1-23-15-6-4-5-14(13-15)20-9-11-21(12-10-20)18(22)16-7-2-3-8-17(16)19/h2-8,13H,9-12H2,1H3. The largest absolute Gasteiger partial charge is 0.497 e. The molecule has 1 saturated heterocycles. The zero-order chi connectivity index (χ0) is 16.2. The van der Waals surface area contributed by atoms with Gasteiger partial charge in [-0.2, -0.15) is 0 Å². The molecule has 4 nitrogen and oxygen atoms in total. The molecule has 1 heterocycles. The van der Waals surface area contributed by atoms with Gasteiger partial charge in [0.25, 0.3) is 5.91 Å². The first kappa shape index (κ1) is 15.3. The second kappa shape index (κ2) is 6.69. The number of amides is 1. The summed E-state index contributed by atoms with van der Waals surface area (Å²) >= 11 is 0. The SMILES string of the molecule is COc1cccc(N2CCN(C(=O)c3ccccc3F)CC2)c1. The summed E-state index contributed by atoms with van der Waals surface area (Å²) in [6.45, 7) is 2.58. The van der Waals surface area contributed by atoms with Crippen LogP contribution in [0.4, 0.5) is 10.1 Å². The first-order valence-corrected chi connectivity index (χ1v) is 7.62. The molecular formula is C18H19FN2O2. The van der Waals surface area contributed by atoms with Crippen molar-refractivity contribution < 1.29 is 13.9 Å². The molecule has 120 valence electrons. The topological polar surface area (TPSA) is 32.8 Å². The molecule has 2 aromatic rings. The fourth-order valence-electron chi connectivity index (χ4n) is 2.78. The smallest absolute Gasteiger partial charge is 0.256 e. The van der Waals surface area contributed by atoms with Crippen LogP contribution < -0.4 is 9.64 Å². The van der Waals surface area contributed by atoms with Gasteiger partial charge in [-0.3, -0.25) is 4.79 Å². The Kier molecular flexibility index (Phi) is 4.46. The van der Waals surface area contributed by atoms with Crippen LogP contribution in [0.2, 0.25) is 0 Å². The lowest BCUT2D eigenvalue weighted by atomic mass is 10.1. The lowest BCUT2D eigenvalue weighted by Gasteiger charge is -2.36. The summed E-state index contributed by atoms with van der Waals surface area (Å²) in [6.07, 6.45) is 0. The number of rotatable bonds is 3. The Labute approximate surface area is 135 Å². The molecule has 0 atom stereocenters. The quantitative estimate of drug-likeness (QED) is 0.873. The number of nitrogens with zero attached hydrogens (tertiary/aromatic N) is 2. The molecule has 2 aromatic carbocycles. The molecule has 0 aliphatic carbocycles. The van der Waals surface area contributed by atoms with Crippen LogP contribution in [0.25, 0.3) is 0 Å². The summed E-state index contributed by atoms with van der Waals surface area (Å²) in [5.41, 5.74) is 1.21. The third kappa shape index (κ3) is 3.28. The molecule has 0 spiro atoms. The number of carbonyl (C=O) groups excluding carboxylic acids is 1. The molecule has 0 radical (unpaired) electrons. The molecule has 1 aliphatic heterocycles. The zero-order valence-corrected chi connectivity index (χ0v) is 13.0. The van der Waals surface area contributed by atoms with Gasteiger partial charge < -0.3 is 14.5 Å². The van der Waals surface area contributed by atoms with Crippen molar-refractivity contribution in [2.45, 2.75) is 0 Å². The van der Waals surface area contributed by atoms with Crippen molar-refractivity contribution in [3.63, 3.8) is 0 Å². The van der Waals surface area contributed by atoms with Crippen LogP contribution in [0.5, 0.6) is 5.75 Å². The molecule has 0 aromatic heterocycles. The van der Waals surface area contributed by atoms with Gasteiger partial charge in [-0.25, -0.2) is 4.39 Å². The number of methoxy groups -OCH3 is 1. The van der Waals surface area contributed by atoms with E-state index in [1.165, 1.54) is 12.1 Å². The van der Waals surface area contributed by atoms with Crippen LogP contribution in [0.15, 0.2) is 48.5 Å². The van der Waals surface area contributed by atoms with E-state index in [-0.39, 0.29) is 11.5 Å². The fourth-order valence-corrected chi connectivity index (χ4v) is 2.78. The Bertz CT molecular complexity index is 697. The van der Waals surface area contributed by atoms with Gasteiger partial charge in [0, 0.05) is 37.9 Å². The summed E-state index contributed by atoms with van der Waals surface area (Å²) in [5, 5.41) is 0. The van der Waals surface area contributed by atoms with Crippen LogP contribution in [0, 0.1) is 5.82 Å². The van der Waals surface area contributed by atoms with Gasteiger partial charge in [0.2, 0.25) is 0 Å². The van der Waals surface area contributed by atoms with E-state index in [4.69, 9.17) is 4.74 Å². The van der Waals surface area contributed by atoms with Gasteiger partial charge in [0.05, 0.1) is 12.7 Å². The average Bonchev–Trinajstić information content (AvgIpc) is 2.62. The first-order valence-electron chi connectivity index (χ1n) is 7.62. The van der Waals surface area contributed by atoms with Gasteiger partial charge in [-0.15, -0.1) is 0 Å². The highest BCUT2D eigenvalue weighted by atomic mass is 19.1. The second-order valence-corrected chi connectivity index (χ2v) is 5.46. The highest BCUT2D eigenvalue weighted by Crippen LogP contribution is 2.22. The molecule has 1 aliphatic rings. The number of anilines is 1. The minimum absolute atomic E-state index is 0.141. The van der Waals surface area contributed by atoms with Crippen molar-refractivity contribution in [3.8, 4) is 5.75 Å². The van der Waals surface area contributed by atoms with Crippen molar-refractivity contribution >= 4 is 11.6 Å². The Morgan fingerprint density at radius 3 is 2.48 bits per heavy atom. The maximum Gasteiger partial charge on any atom is 0.256 e. The zero-order valence-electron chi connectivity index (χ0n) is 13.0. The predicted octanol–water partition coefficient (Wildman–Crippen LogP) is 2.80. The third-order valence-corrected chi connectivity index (χ3v) is 4.09. The van der Waals surface area contributed by atoms with Crippen molar-refractivity contribution in [2.24, 2.45) is 0 Å². The highest BCUT2D eigenvalue weighted by Gasteiger charge is 2.24. The lowest BCUT2D eigenvalue weighted by molar-refractivity contribution is 0.0742. The first-order chi connectivity index (χ1) is 11.2. The van der Waals surface area contributed by atoms with Crippen LogP contribution in [0.1, 0.15) is 10.4 Å². The molecule has 23 heavy (non-hydrogen) atoms. The van der Waals surface area contributed by atoms with Crippen molar-refractivity contribution in [1.82, 2.24) is 4.90 Å². The lowest BCUT2D eigenvalue weighted by Crippen LogP contribution is -2.49. The average molecular weight is 314 g/mol. The van der Waals surface area contributed by atoms with Gasteiger partial charge in [-0.1, -0.05) is 18.2 Å². The van der Waals surface area contributed by atoms with Crippen LogP contribution in [-0.4, -0.2) is 44.1 Å². The second-order valence-electron chi connectivity index (χ2n) is 5.46. The number of ether oxygens (including phenoxy) is 1. The summed E-state index contributed by atoms with van der Waals surface area (Å²) in [7, 11) is 1.64. The molecule has 5 heteroatoms. The predicted molar refractivity (Wildman–Crippen MR) is 87.5 cm³/mol. The molecule has 0 unspecified atom stereocenters. The number of hydrogen-bond donors (Lipinski definition) is 0.